The summed E-state index contributed by atoms with van der Waals surface area (Å²) in [6, 6.07) is 22.5. The number of halogens is 1. The van der Waals surface area contributed by atoms with E-state index in [1.807, 2.05) is 61.5 Å². The molecule has 5 aromatic rings. The molecule has 0 aliphatic heterocycles. The van der Waals surface area contributed by atoms with E-state index in [4.69, 9.17) is 21.9 Å². The third-order valence-electron chi connectivity index (χ3n) is 5.73. The van der Waals surface area contributed by atoms with Gasteiger partial charge < -0.3 is 10.1 Å². The Kier molecular flexibility index (Phi) is 8.20. The Morgan fingerprint density at radius 3 is 2.51 bits per heavy atom. The molecule has 0 fully saturated rings. The molecule has 0 aliphatic carbocycles. The average molecular weight is 579 g/mol. The topological polar surface area (TPSA) is 78.1 Å². The molecule has 39 heavy (non-hydrogen) atoms. The van der Waals surface area contributed by atoms with Crippen LogP contribution in [-0.4, -0.2) is 32.4 Å². The van der Waals surface area contributed by atoms with Crippen molar-refractivity contribution in [1.82, 2.24) is 19.4 Å². The van der Waals surface area contributed by atoms with Crippen LogP contribution in [0.15, 0.2) is 88.8 Å². The minimum Gasteiger partial charge on any atom is -0.492 e. The predicted octanol–water partition coefficient (Wildman–Crippen LogP) is 5.91. The highest BCUT2D eigenvalue weighted by molar-refractivity contribution is 7.99. The maximum Gasteiger partial charge on any atom is 0.278 e. The van der Waals surface area contributed by atoms with E-state index in [1.54, 1.807) is 4.57 Å². The number of carbonyl (C=O) groups excluding carboxylic acids is 1. The summed E-state index contributed by atoms with van der Waals surface area (Å²) in [5.74, 6) is -0.0148. The van der Waals surface area contributed by atoms with Crippen molar-refractivity contribution in [3.63, 3.8) is 0 Å². The zero-order valence-electron chi connectivity index (χ0n) is 20.8. The summed E-state index contributed by atoms with van der Waals surface area (Å²) in [7, 11) is 0. The van der Waals surface area contributed by atoms with Crippen LogP contribution in [0, 0.1) is 9.77 Å². The number of nitrogens with one attached hydrogen (secondary N) is 1. The summed E-state index contributed by atoms with van der Waals surface area (Å²) in [5, 5.41) is 3.17. The van der Waals surface area contributed by atoms with Crippen LogP contribution in [0.2, 0.25) is 0 Å². The number of hydrogen-bond acceptors (Lipinski definition) is 7. The molecule has 0 aliphatic rings. The van der Waals surface area contributed by atoms with Gasteiger partial charge in [0.1, 0.15) is 16.3 Å². The van der Waals surface area contributed by atoms with Crippen LogP contribution in [0.1, 0.15) is 12.5 Å². The van der Waals surface area contributed by atoms with Crippen molar-refractivity contribution in [1.29, 1.82) is 0 Å². The summed E-state index contributed by atoms with van der Waals surface area (Å²) in [4.78, 5) is 31.4. The molecule has 11 heteroatoms. The number of carbonyl (C=O) groups is 1. The lowest BCUT2D eigenvalue weighted by molar-refractivity contribution is -0.118. The van der Waals surface area contributed by atoms with E-state index in [1.165, 1.54) is 28.8 Å². The lowest BCUT2D eigenvalue weighted by Crippen LogP contribution is -2.26. The summed E-state index contributed by atoms with van der Waals surface area (Å²) in [5.41, 5.74) is 2.08. The first-order chi connectivity index (χ1) is 19.0. The summed E-state index contributed by atoms with van der Waals surface area (Å²) in [6.07, 6.45) is 0. The molecule has 0 saturated carbocycles. The van der Waals surface area contributed by atoms with Gasteiger partial charge in [-0.15, -0.1) is 0 Å². The minimum atomic E-state index is -0.426. The molecule has 0 radical (unpaired) electrons. The summed E-state index contributed by atoms with van der Waals surface area (Å²) < 4.78 is 23.4. The average Bonchev–Trinajstić information content (AvgIpc) is 3.28. The van der Waals surface area contributed by atoms with Crippen LogP contribution in [0.4, 0.5) is 4.39 Å². The van der Waals surface area contributed by atoms with E-state index in [2.05, 4.69) is 5.32 Å². The zero-order valence-corrected chi connectivity index (χ0v) is 23.2. The summed E-state index contributed by atoms with van der Waals surface area (Å²) >= 11 is 7.92. The van der Waals surface area contributed by atoms with E-state index >= 15 is 0 Å². The minimum absolute atomic E-state index is 0.0202. The first-order valence-electron chi connectivity index (χ1n) is 12.1. The van der Waals surface area contributed by atoms with E-state index < -0.39 is 5.82 Å². The Balaban J connectivity index is 1.58. The van der Waals surface area contributed by atoms with E-state index in [0.717, 1.165) is 28.7 Å². The van der Waals surface area contributed by atoms with Gasteiger partial charge in [0.25, 0.3) is 5.56 Å². The van der Waals surface area contributed by atoms with Gasteiger partial charge in [0.05, 0.1) is 23.7 Å². The monoisotopic (exact) mass is 578 g/mol. The molecule has 2 aromatic heterocycles. The predicted molar refractivity (Wildman–Crippen MR) is 156 cm³/mol. The molecule has 198 valence electrons. The number of aromatic nitrogens is 3. The largest absolute Gasteiger partial charge is 0.492 e. The second-order valence-electron chi connectivity index (χ2n) is 8.32. The van der Waals surface area contributed by atoms with E-state index in [-0.39, 0.29) is 22.4 Å². The number of nitrogens with zero attached hydrogens (tertiary/aromatic N) is 3. The Bertz CT molecular complexity index is 1750. The highest BCUT2D eigenvalue weighted by Gasteiger charge is 2.21. The summed E-state index contributed by atoms with van der Waals surface area (Å²) in [6.45, 7) is 2.73. The Labute approximate surface area is 236 Å². The second kappa shape index (κ2) is 11.9. The molecule has 0 spiro atoms. The van der Waals surface area contributed by atoms with Crippen LogP contribution < -0.4 is 15.6 Å². The van der Waals surface area contributed by atoms with Gasteiger partial charge >= 0.3 is 0 Å². The van der Waals surface area contributed by atoms with Crippen molar-refractivity contribution in [2.75, 3.05) is 12.4 Å². The molecule has 1 N–H and O–H groups in total. The Morgan fingerprint density at radius 1 is 1.05 bits per heavy atom. The standard InChI is InChI=1S/C28H23FN4O3S3/c1-2-36-22-11-7-6-10-21(22)33-25-24(39-28(33)37)26(35)32(20-14-12-19(29)13-15-20)27(31-25)38-17-23(34)30-16-18-8-4-3-5-9-18/h3-15H,2,16-17H2,1H3,(H,30,34). The normalized spacial score (nSPS) is 11.0. The molecule has 0 bridgehead atoms. The van der Waals surface area contributed by atoms with Crippen molar-refractivity contribution in [2.45, 2.75) is 18.6 Å². The molecule has 0 saturated heterocycles. The molecule has 2 heterocycles. The number of fused-ring (bicyclic) bond motifs is 1. The van der Waals surface area contributed by atoms with Crippen LogP contribution in [0.25, 0.3) is 21.7 Å². The Morgan fingerprint density at radius 2 is 1.77 bits per heavy atom. The number of ether oxygens (including phenoxy) is 1. The molecule has 0 unspecified atom stereocenters. The second-order valence-corrected chi connectivity index (χ2v) is 10.9. The van der Waals surface area contributed by atoms with Gasteiger partial charge in [-0.05, 0) is 61.1 Å². The molecule has 7 nitrogen and oxygen atoms in total. The number of thiazole rings is 1. The lowest BCUT2D eigenvalue weighted by Gasteiger charge is -2.14. The fourth-order valence-electron chi connectivity index (χ4n) is 3.96. The smallest absolute Gasteiger partial charge is 0.278 e. The quantitative estimate of drug-likeness (QED) is 0.133. The number of thioether (sulfide) groups is 1. The molecule has 0 atom stereocenters. The van der Waals surface area contributed by atoms with Crippen molar-refractivity contribution < 1.29 is 13.9 Å². The number of benzene rings is 3. The highest BCUT2D eigenvalue weighted by atomic mass is 32.2. The molecular weight excluding hydrogens is 556 g/mol. The first kappa shape index (κ1) is 26.8. The third-order valence-corrected chi connectivity index (χ3v) is 8.02. The highest BCUT2D eigenvalue weighted by Crippen LogP contribution is 2.31. The van der Waals surface area contributed by atoms with Gasteiger partial charge in [0.2, 0.25) is 5.91 Å². The maximum atomic E-state index is 13.8. The SMILES string of the molecule is CCOc1ccccc1-n1c(=S)sc2c(=O)n(-c3ccc(F)cc3)c(SCC(=O)NCc3ccccc3)nc21. The van der Waals surface area contributed by atoms with Gasteiger partial charge in [-0.2, -0.15) is 0 Å². The van der Waals surface area contributed by atoms with Gasteiger partial charge in [-0.1, -0.05) is 65.6 Å². The fraction of sp³-hybridized carbons (Fsp3) is 0.143. The Hall–Kier alpha value is -3.80. The van der Waals surface area contributed by atoms with Gasteiger partial charge in [-0.3, -0.25) is 18.7 Å². The van der Waals surface area contributed by atoms with Crippen LogP contribution in [-0.2, 0) is 11.3 Å². The van der Waals surface area contributed by atoms with Crippen molar-refractivity contribution >= 4 is 51.6 Å². The van der Waals surface area contributed by atoms with Crippen LogP contribution in [0.5, 0.6) is 5.75 Å². The van der Waals surface area contributed by atoms with E-state index in [9.17, 15) is 14.0 Å². The molecule has 5 rings (SSSR count). The number of hydrogen-bond donors (Lipinski definition) is 1. The molecule has 3 aromatic carbocycles. The van der Waals surface area contributed by atoms with Gasteiger partial charge in [-0.25, -0.2) is 9.37 Å². The van der Waals surface area contributed by atoms with Gasteiger partial charge in [0.15, 0.2) is 14.8 Å². The fourth-order valence-corrected chi connectivity index (χ4v) is 6.08. The first-order valence-corrected chi connectivity index (χ1v) is 14.3. The lowest BCUT2D eigenvalue weighted by atomic mass is 10.2. The number of rotatable bonds is 9. The van der Waals surface area contributed by atoms with Crippen molar-refractivity contribution in [3.8, 4) is 17.1 Å². The van der Waals surface area contributed by atoms with Crippen molar-refractivity contribution in [3.05, 3.63) is 105 Å². The van der Waals surface area contributed by atoms with Crippen LogP contribution in [0.3, 0.4) is 0 Å². The van der Waals surface area contributed by atoms with E-state index in [0.29, 0.717) is 44.6 Å². The number of amides is 1. The van der Waals surface area contributed by atoms with Gasteiger partial charge in [0, 0.05) is 6.54 Å². The van der Waals surface area contributed by atoms with Crippen LogP contribution >= 0.6 is 35.3 Å². The van der Waals surface area contributed by atoms with Crippen molar-refractivity contribution in [2.24, 2.45) is 0 Å². The molecule has 1 amide bonds. The third kappa shape index (κ3) is 5.80. The molecular formula is C28H23FN4O3S3. The zero-order chi connectivity index (χ0) is 27.4. The maximum absolute atomic E-state index is 13.8. The number of para-hydroxylation sites is 2.